The molecule has 0 amide bonds. The number of nitrogens with zero attached hydrogens (tertiary/aromatic N) is 2. The maximum absolute atomic E-state index is 6.57. The highest BCUT2D eigenvalue weighted by molar-refractivity contribution is 7.25. The van der Waals surface area contributed by atoms with Crippen LogP contribution in [0.15, 0.2) is 190 Å². The Balaban J connectivity index is 1.17. The molecule has 5 heteroatoms. The van der Waals surface area contributed by atoms with Gasteiger partial charge in [0.1, 0.15) is 23.2 Å². The van der Waals surface area contributed by atoms with Crippen LogP contribution in [0.5, 0.6) is 0 Å². The highest BCUT2D eigenvalue weighted by Gasteiger charge is 2.25. The Bertz CT molecular complexity index is 3140. The SMILES string of the molecule is c1ccc(C2=NC(c3cc(-c4cc(-c5ccccc5)cc5oc6ccccc6c45)c4ccccc4c3)=NC(c3cccc4sc5ccccc5c34)N2)cc1. The molecule has 0 spiro atoms. The second kappa shape index (κ2) is 12.4. The molecule has 0 fully saturated rings. The quantitative estimate of drug-likeness (QED) is 0.193. The van der Waals surface area contributed by atoms with Gasteiger partial charge in [-0.05, 0) is 75.5 Å². The van der Waals surface area contributed by atoms with Crippen molar-refractivity contribution in [3.8, 4) is 22.3 Å². The molecule has 1 aliphatic heterocycles. The lowest BCUT2D eigenvalue weighted by Crippen LogP contribution is -2.33. The van der Waals surface area contributed by atoms with E-state index in [2.05, 4.69) is 169 Å². The number of rotatable bonds is 5. The number of fused-ring (bicyclic) bond motifs is 7. The molecule has 11 rings (SSSR count). The molecule has 1 unspecified atom stereocenters. The van der Waals surface area contributed by atoms with Crippen molar-refractivity contribution in [2.24, 2.45) is 9.98 Å². The van der Waals surface area contributed by atoms with Gasteiger partial charge in [-0.25, -0.2) is 9.98 Å². The summed E-state index contributed by atoms with van der Waals surface area (Å²) in [5, 5.41) is 10.7. The molecule has 0 radical (unpaired) electrons. The van der Waals surface area contributed by atoms with E-state index >= 15 is 0 Å². The maximum atomic E-state index is 6.57. The van der Waals surface area contributed by atoms with Crippen LogP contribution < -0.4 is 5.32 Å². The second-order valence-corrected chi connectivity index (χ2v) is 14.8. The van der Waals surface area contributed by atoms with Gasteiger partial charge in [-0.3, -0.25) is 0 Å². The van der Waals surface area contributed by atoms with Crippen molar-refractivity contribution in [1.29, 1.82) is 0 Å². The summed E-state index contributed by atoms with van der Waals surface area (Å²) in [4.78, 5) is 10.7. The Morgan fingerprint density at radius 2 is 1.17 bits per heavy atom. The Hall–Kier alpha value is -6.82. The summed E-state index contributed by atoms with van der Waals surface area (Å²) >= 11 is 1.82. The topological polar surface area (TPSA) is 49.9 Å². The molecule has 1 N–H and O–H groups in total. The first kappa shape index (κ1) is 30.8. The van der Waals surface area contributed by atoms with E-state index in [1.165, 1.54) is 20.2 Å². The van der Waals surface area contributed by atoms with E-state index in [1.807, 2.05) is 23.5 Å². The molecular weight excluding hydrogens is 679 g/mol. The molecule has 1 aliphatic rings. The highest BCUT2D eigenvalue weighted by atomic mass is 32.1. The van der Waals surface area contributed by atoms with E-state index in [4.69, 9.17) is 14.4 Å². The van der Waals surface area contributed by atoms with Crippen LogP contribution in [0.3, 0.4) is 0 Å². The Kier molecular flexibility index (Phi) is 7.07. The summed E-state index contributed by atoms with van der Waals surface area (Å²) in [5.41, 5.74) is 9.30. The van der Waals surface area contributed by atoms with Gasteiger partial charge in [0.25, 0.3) is 0 Å². The van der Waals surface area contributed by atoms with Crippen molar-refractivity contribution in [3.63, 3.8) is 0 Å². The van der Waals surface area contributed by atoms with E-state index in [0.717, 1.165) is 77.5 Å². The summed E-state index contributed by atoms with van der Waals surface area (Å²) in [6, 6.07) is 62.1. The van der Waals surface area contributed by atoms with Crippen LogP contribution in [0.2, 0.25) is 0 Å². The zero-order valence-corrected chi connectivity index (χ0v) is 29.8. The molecule has 0 bridgehead atoms. The summed E-state index contributed by atoms with van der Waals surface area (Å²) < 4.78 is 9.09. The van der Waals surface area contributed by atoms with Gasteiger partial charge in [-0.2, -0.15) is 0 Å². The number of amidine groups is 2. The summed E-state index contributed by atoms with van der Waals surface area (Å²) in [6.45, 7) is 0. The van der Waals surface area contributed by atoms with Crippen LogP contribution in [0.1, 0.15) is 22.9 Å². The first-order valence-corrected chi connectivity index (χ1v) is 19.0. The molecule has 3 heterocycles. The largest absolute Gasteiger partial charge is 0.456 e. The minimum atomic E-state index is -0.352. The van der Waals surface area contributed by atoms with Gasteiger partial charge in [0.05, 0.1) is 0 Å². The van der Waals surface area contributed by atoms with Crippen LogP contribution >= 0.6 is 11.3 Å². The molecule has 0 aliphatic carbocycles. The van der Waals surface area contributed by atoms with Crippen molar-refractivity contribution in [3.05, 3.63) is 193 Å². The van der Waals surface area contributed by atoms with E-state index in [0.29, 0.717) is 5.84 Å². The van der Waals surface area contributed by atoms with Gasteiger partial charge in [0.2, 0.25) is 0 Å². The minimum absolute atomic E-state index is 0.352. The number of hydrogen-bond donors (Lipinski definition) is 1. The van der Waals surface area contributed by atoms with Crippen molar-refractivity contribution < 1.29 is 4.42 Å². The van der Waals surface area contributed by atoms with Gasteiger partial charge < -0.3 is 9.73 Å². The molecule has 8 aromatic carbocycles. The number of aliphatic imine (C=N–C) groups is 2. The van der Waals surface area contributed by atoms with E-state index in [-0.39, 0.29) is 6.17 Å². The lowest BCUT2D eigenvalue weighted by molar-refractivity contribution is 0.669. The van der Waals surface area contributed by atoms with Crippen LogP contribution in [-0.2, 0) is 0 Å². The molecule has 2 aromatic heterocycles. The Morgan fingerprint density at radius 1 is 0.481 bits per heavy atom. The normalized spacial score (nSPS) is 14.5. The molecular formula is C49H31N3OS. The average molecular weight is 710 g/mol. The van der Waals surface area contributed by atoms with Crippen molar-refractivity contribution in [2.45, 2.75) is 6.17 Å². The minimum Gasteiger partial charge on any atom is -0.456 e. The Labute approximate surface area is 315 Å². The number of hydrogen-bond acceptors (Lipinski definition) is 5. The second-order valence-electron chi connectivity index (χ2n) is 13.8. The average Bonchev–Trinajstić information content (AvgIpc) is 3.82. The van der Waals surface area contributed by atoms with E-state index < -0.39 is 0 Å². The molecule has 10 aromatic rings. The zero-order valence-electron chi connectivity index (χ0n) is 29.0. The van der Waals surface area contributed by atoms with Crippen molar-refractivity contribution >= 4 is 75.9 Å². The fourth-order valence-electron chi connectivity index (χ4n) is 8.04. The van der Waals surface area contributed by atoms with Crippen LogP contribution in [-0.4, -0.2) is 11.7 Å². The molecule has 254 valence electrons. The van der Waals surface area contributed by atoms with Gasteiger partial charge in [0.15, 0.2) is 5.84 Å². The predicted molar refractivity (Wildman–Crippen MR) is 227 cm³/mol. The number of benzene rings is 8. The van der Waals surface area contributed by atoms with Gasteiger partial charge in [-0.15, -0.1) is 11.3 Å². The van der Waals surface area contributed by atoms with Crippen LogP contribution in [0.25, 0.3) is 75.1 Å². The molecule has 4 nitrogen and oxygen atoms in total. The van der Waals surface area contributed by atoms with E-state index in [1.54, 1.807) is 0 Å². The third-order valence-corrected chi connectivity index (χ3v) is 11.7. The van der Waals surface area contributed by atoms with Crippen LogP contribution in [0.4, 0.5) is 0 Å². The number of thiophene rings is 1. The molecule has 0 saturated heterocycles. The highest BCUT2D eigenvalue weighted by Crippen LogP contribution is 2.43. The smallest absolute Gasteiger partial charge is 0.159 e. The lowest BCUT2D eigenvalue weighted by Gasteiger charge is -2.25. The van der Waals surface area contributed by atoms with E-state index in [9.17, 15) is 0 Å². The summed E-state index contributed by atoms with van der Waals surface area (Å²) in [5.74, 6) is 1.49. The summed E-state index contributed by atoms with van der Waals surface area (Å²) in [7, 11) is 0. The fourth-order valence-corrected chi connectivity index (χ4v) is 9.18. The standard InChI is InChI=1S/C49H31N3OS/c1-3-14-30(15-4-1)33-27-40(45-36-20-9-11-23-41(36)53-42(45)29-33)39-28-34(26-32-18-7-8-19-35(32)39)48-50-47(31-16-5-2-6-17-31)51-49(52-48)38-22-13-25-44-46(38)37-21-10-12-24-43(37)54-44/h1-29,49H,(H,50,51,52). The summed E-state index contributed by atoms with van der Waals surface area (Å²) in [6.07, 6.45) is -0.352. The monoisotopic (exact) mass is 709 g/mol. The number of furan rings is 1. The van der Waals surface area contributed by atoms with Gasteiger partial charge >= 0.3 is 0 Å². The van der Waals surface area contributed by atoms with Crippen LogP contribution in [0, 0.1) is 0 Å². The molecule has 1 atom stereocenters. The number of nitrogens with one attached hydrogen (secondary N) is 1. The third-order valence-electron chi connectivity index (χ3n) is 10.5. The molecule has 0 saturated carbocycles. The maximum Gasteiger partial charge on any atom is 0.159 e. The van der Waals surface area contributed by atoms with Gasteiger partial charge in [0, 0.05) is 47.6 Å². The first-order chi connectivity index (χ1) is 26.7. The third kappa shape index (κ3) is 5.05. The van der Waals surface area contributed by atoms with Gasteiger partial charge in [-0.1, -0.05) is 133 Å². The molecule has 54 heavy (non-hydrogen) atoms. The fraction of sp³-hybridized carbons (Fsp3) is 0.0204. The zero-order chi connectivity index (χ0) is 35.6. The Morgan fingerprint density at radius 3 is 2.02 bits per heavy atom. The first-order valence-electron chi connectivity index (χ1n) is 18.2. The number of para-hydroxylation sites is 1. The predicted octanol–water partition coefficient (Wildman–Crippen LogP) is 12.9. The van der Waals surface area contributed by atoms with Crippen molar-refractivity contribution in [1.82, 2.24) is 5.32 Å². The van der Waals surface area contributed by atoms with Crippen molar-refractivity contribution in [2.75, 3.05) is 0 Å². The lowest BCUT2D eigenvalue weighted by atomic mass is 9.90.